The summed E-state index contributed by atoms with van der Waals surface area (Å²) in [7, 11) is 0. The first-order valence-corrected chi connectivity index (χ1v) is 12.9. The number of nitrogens with one attached hydrogen (secondary N) is 3. The summed E-state index contributed by atoms with van der Waals surface area (Å²) in [6.45, 7) is 1.87. The summed E-state index contributed by atoms with van der Waals surface area (Å²) in [6, 6.07) is 21.6. The highest BCUT2D eigenvalue weighted by Gasteiger charge is 2.16. The zero-order valence-corrected chi connectivity index (χ0v) is 21.8. The van der Waals surface area contributed by atoms with Gasteiger partial charge in [-0.05, 0) is 66.6 Å². The lowest BCUT2D eigenvalue weighted by atomic mass is 10.0. The second-order valence-corrected chi connectivity index (χ2v) is 9.80. The van der Waals surface area contributed by atoms with Crippen LogP contribution in [0.1, 0.15) is 15.9 Å². The predicted octanol–water partition coefficient (Wildman–Crippen LogP) is 6.93. The number of hydrogen-bond donors (Lipinski definition) is 3. The van der Waals surface area contributed by atoms with E-state index in [1.165, 1.54) is 12.1 Å². The number of carbonyl (C=O) groups excluding carboxylic acids is 1. The van der Waals surface area contributed by atoms with E-state index in [0.717, 1.165) is 44.4 Å². The van der Waals surface area contributed by atoms with Gasteiger partial charge in [0, 0.05) is 34.5 Å². The van der Waals surface area contributed by atoms with E-state index in [1.807, 2.05) is 55.5 Å². The number of fused-ring (bicyclic) bond motifs is 2. The van der Waals surface area contributed by atoms with Gasteiger partial charge in [-0.15, -0.1) is 0 Å². The molecule has 41 heavy (non-hydrogen) atoms. The van der Waals surface area contributed by atoms with Crippen molar-refractivity contribution in [3.8, 4) is 33.8 Å². The van der Waals surface area contributed by atoms with Gasteiger partial charge in [0.15, 0.2) is 0 Å². The molecule has 0 saturated carbocycles. The standard InChI is InChI=1S/C32H22FN7O/c1-18-9-20(11-22(33)10-18)25-16-35-17-29-24(25)13-28(37-29)31-30-27(39-40-31)8-7-26(38-30)21-12-23(15-34-14-21)36-32(41)19-5-3-2-4-6-19/h2-17,37H,1H3,(H,36,41)(H,39,40). The molecule has 0 atom stereocenters. The van der Waals surface area contributed by atoms with Gasteiger partial charge in [-0.3, -0.25) is 19.9 Å². The van der Waals surface area contributed by atoms with Gasteiger partial charge in [-0.1, -0.05) is 24.3 Å². The van der Waals surface area contributed by atoms with Gasteiger partial charge in [-0.2, -0.15) is 5.10 Å². The van der Waals surface area contributed by atoms with Crippen LogP contribution in [-0.4, -0.2) is 36.0 Å². The average molecular weight is 540 g/mol. The first-order valence-electron chi connectivity index (χ1n) is 12.9. The molecule has 0 aliphatic rings. The third kappa shape index (κ3) is 4.59. The number of anilines is 1. The van der Waals surface area contributed by atoms with Crippen molar-refractivity contribution >= 4 is 33.5 Å². The van der Waals surface area contributed by atoms with E-state index >= 15 is 0 Å². The minimum Gasteiger partial charge on any atom is -0.352 e. The molecule has 5 aromatic heterocycles. The van der Waals surface area contributed by atoms with E-state index in [9.17, 15) is 9.18 Å². The van der Waals surface area contributed by atoms with Gasteiger partial charge in [0.1, 0.15) is 17.0 Å². The van der Waals surface area contributed by atoms with Crippen molar-refractivity contribution in [1.29, 1.82) is 0 Å². The van der Waals surface area contributed by atoms with Crippen LogP contribution in [-0.2, 0) is 0 Å². The number of benzene rings is 2. The number of aromatic amines is 2. The molecular formula is C32H22FN7O. The summed E-state index contributed by atoms with van der Waals surface area (Å²) in [5.41, 5.74) is 8.59. The Morgan fingerprint density at radius 3 is 2.56 bits per heavy atom. The molecule has 0 unspecified atom stereocenters. The Morgan fingerprint density at radius 1 is 0.854 bits per heavy atom. The van der Waals surface area contributed by atoms with E-state index in [4.69, 9.17) is 4.98 Å². The maximum absolute atomic E-state index is 14.2. The lowest BCUT2D eigenvalue weighted by Crippen LogP contribution is -2.11. The lowest BCUT2D eigenvalue weighted by molar-refractivity contribution is 0.102. The molecule has 9 heteroatoms. The first-order chi connectivity index (χ1) is 20.0. The van der Waals surface area contributed by atoms with E-state index in [1.54, 1.807) is 36.9 Å². The van der Waals surface area contributed by atoms with E-state index in [-0.39, 0.29) is 11.7 Å². The molecule has 2 aromatic carbocycles. The summed E-state index contributed by atoms with van der Waals surface area (Å²) in [4.78, 5) is 29.6. The summed E-state index contributed by atoms with van der Waals surface area (Å²) >= 11 is 0. The zero-order valence-electron chi connectivity index (χ0n) is 21.8. The highest BCUT2D eigenvalue weighted by atomic mass is 19.1. The van der Waals surface area contributed by atoms with Crippen LogP contribution in [0.25, 0.3) is 55.7 Å². The van der Waals surface area contributed by atoms with Crippen molar-refractivity contribution in [1.82, 2.24) is 30.1 Å². The summed E-state index contributed by atoms with van der Waals surface area (Å²) in [5, 5.41) is 11.4. The van der Waals surface area contributed by atoms with E-state index in [0.29, 0.717) is 28.2 Å². The van der Waals surface area contributed by atoms with Crippen LogP contribution in [0.3, 0.4) is 0 Å². The second kappa shape index (κ2) is 9.80. The Balaban J connectivity index is 1.25. The minimum atomic E-state index is -0.291. The van der Waals surface area contributed by atoms with Gasteiger partial charge in [0.2, 0.25) is 0 Å². The molecule has 198 valence electrons. The fourth-order valence-electron chi connectivity index (χ4n) is 4.99. The monoisotopic (exact) mass is 539 g/mol. The SMILES string of the molecule is Cc1cc(F)cc(-c2cncc3[nH]c(-c4n[nH]c5ccc(-c6cncc(NC(=O)c7ccccc7)c6)nc45)cc23)c1. The van der Waals surface area contributed by atoms with Crippen molar-refractivity contribution < 1.29 is 9.18 Å². The number of halogens is 1. The topological polar surface area (TPSA) is 112 Å². The summed E-state index contributed by atoms with van der Waals surface area (Å²) < 4.78 is 14.2. The molecule has 0 saturated heterocycles. The van der Waals surface area contributed by atoms with Crippen molar-refractivity contribution in [2.45, 2.75) is 6.92 Å². The molecule has 0 bridgehead atoms. The normalized spacial score (nSPS) is 11.3. The van der Waals surface area contributed by atoms with Crippen LogP contribution in [0.15, 0.2) is 97.6 Å². The molecule has 3 N–H and O–H groups in total. The number of aromatic nitrogens is 6. The molecule has 0 aliphatic heterocycles. The van der Waals surface area contributed by atoms with Crippen LogP contribution < -0.4 is 5.32 Å². The highest BCUT2D eigenvalue weighted by molar-refractivity contribution is 6.04. The minimum absolute atomic E-state index is 0.217. The number of rotatable bonds is 5. The van der Waals surface area contributed by atoms with Crippen molar-refractivity contribution in [3.05, 3.63) is 115 Å². The summed E-state index contributed by atoms with van der Waals surface area (Å²) in [6.07, 6.45) is 6.78. The van der Waals surface area contributed by atoms with Crippen molar-refractivity contribution in [2.24, 2.45) is 0 Å². The predicted molar refractivity (Wildman–Crippen MR) is 157 cm³/mol. The molecule has 7 aromatic rings. The molecule has 0 radical (unpaired) electrons. The van der Waals surface area contributed by atoms with Crippen LogP contribution in [0.4, 0.5) is 10.1 Å². The maximum Gasteiger partial charge on any atom is 0.255 e. The van der Waals surface area contributed by atoms with Crippen LogP contribution >= 0.6 is 0 Å². The Hall–Kier alpha value is -5.70. The van der Waals surface area contributed by atoms with Gasteiger partial charge < -0.3 is 10.3 Å². The van der Waals surface area contributed by atoms with E-state index < -0.39 is 0 Å². The van der Waals surface area contributed by atoms with Crippen LogP contribution in [0.2, 0.25) is 0 Å². The van der Waals surface area contributed by atoms with Crippen molar-refractivity contribution in [3.63, 3.8) is 0 Å². The average Bonchev–Trinajstić information content (AvgIpc) is 3.61. The first kappa shape index (κ1) is 24.3. The second-order valence-electron chi connectivity index (χ2n) is 9.80. The summed E-state index contributed by atoms with van der Waals surface area (Å²) in [5.74, 6) is -0.507. The van der Waals surface area contributed by atoms with Gasteiger partial charge in [-0.25, -0.2) is 9.37 Å². The molecule has 0 aliphatic carbocycles. The quantitative estimate of drug-likeness (QED) is 0.220. The number of amides is 1. The largest absolute Gasteiger partial charge is 0.352 e. The fraction of sp³-hybridized carbons (Fsp3) is 0.0312. The lowest BCUT2D eigenvalue weighted by Gasteiger charge is -2.07. The van der Waals surface area contributed by atoms with Gasteiger partial charge >= 0.3 is 0 Å². The molecule has 5 heterocycles. The molecule has 1 amide bonds. The van der Waals surface area contributed by atoms with Crippen LogP contribution in [0, 0.1) is 12.7 Å². The Labute approximate surface area is 233 Å². The number of pyridine rings is 3. The third-order valence-electron chi connectivity index (χ3n) is 6.89. The molecule has 7 rings (SSSR count). The van der Waals surface area contributed by atoms with Gasteiger partial charge in [0.25, 0.3) is 5.91 Å². The van der Waals surface area contributed by atoms with Crippen LogP contribution in [0.5, 0.6) is 0 Å². The number of nitrogens with zero attached hydrogens (tertiary/aromatic N) is 4. The third-order valence-corrected chi connectivity index (χ3v) is 6.89. The Bertz CT molecular complexity index is 2060. The molecular weight excluding hydrogens is 517 g/mol. The number of H-pyrrole nitrogens is 2. The Kier molecular flexibility index (Phi) is 5.82. The maximum atomic E-state index is 14.2. The smallest absolute Gasteiger partial charge is 0.255 e. The zero-order chi connectivity index (χ0) is 27.9. The fourth-order valence-corrected chi connectivity index (χ4v) is 4.99. The molecule has 0 spiro atoms. The van der Waals surface area contributed by atoms with Crippen molar-refractivity contribution in [2.75, 3.05) is 5.32 Å². The van der Waals surface area contributed by atoms with E-state index in [2.05, 4.69) is 30.5 Å². The number of hydrogen-bond acceptors (Lipinski definition) is 5. The number of carbonyl (C=O) groups is 1. The molecule has 8 nitrogen and oxygen atoms in total. The highest BCUT2D eigenvalue weighted by Crippen LogP contribution is 2.34. The Morgan fingerprint density at radius 2 is 1.71 bits per heavy atom. The van der Waals surface area contributed by atoms with Gasteiger partial charge in [0.05, 0.1) is 40.5 Å². The molecule has 0 fully saturated rings. The number of aryl methyl sites for hydroxylation is 1.